The van der Waals surface area contributed by atoms with Crippen LogP contribution in [0.2, 0.25) is 20.1 Å². The number of carbonyl (C=O) groups is 2. The Balaban J connectivity index is 2.03. The molecular weight excluding hydrogens is 538 g/mol. The minimum atomic E-state index is -0.788. The van der Waals surface area contributed by atoms with Gasteiger partial charge in [-0.1, -0.05) is 95.8 Å². The molecule has 0 aromatic heterocycles. The first-order valence-electron chi connectivity index (χ1n) is 11.7. The van der Waals surface area contributed by atoms with Gasteiger partial charge in [0, 0.05) is 34.6 Å². The summed E-state index contributed by atoms with van der Waals surface area (Å²) in [5.74, 6) is -0.497. The van der Waals surface area contributed by atoms with Crippen LogP contribution in [0.4, 0.5) is 0 Å². The second-order valence-corrected chi connectivity index (χ2v) is 10.3. The maximum atomic E-state index is 13.8. The van der Waals surface area contributed by atoms with Crippen LogP contribution in [0.5, 0.6) is 0 Å². The normalized spacial score (nSPS) is 12.6. The van der Waals surface area contributed by atoms with Gasteiger partial charge >= 0.3 is 0 Å². The Morgan fingerprint density at radius 2 is 1.50 bits per heavy atom. The zero-order valence-electron chi connectivity index (χ0n) is 20.1. The van der Waals surface area contributed by atoms with Crippen molar-refractivity contribution in [2.75, 3.05) is 0 Å². The largest absolute Gasteiger partial charge is 0.352 e. The van der Waals surface area contributed by atoms with Crippen molar-refractivity contribution >= 4 is 58.2 Å². The first kappa shape index (κ1) is 28.3. The highest BCUT2D eigenvalue weighted by atomic mass is 35.5. The molecule has 0 heterocycles. The molecule has 3 aromatic rings. The number of nitrogens with one attached hydrogen (secondary N) is 1. The van der Waals surface area contributed by atoms with E-state index in [1.165, 1.54) is 0 Å². The van der Waals surface area contributed by atoms with Crippen LogP contribution in [0.25, 0.3) is 0 Å². The van der Waals surface area contributed by atoms with Gasteiger partial charge in [-0.05, 0) is 48.7 Å². The van der Waals surface area contributed by atoms with Crippen molar-refractivity contribution in [2.24, 2.45) is 0 Å². The minimum Gasteiger partial charge on any atom is -0.352 e. The molecule has 0 radical (unpaired) electrons. The highest BCUT2D eigenvalue weighted by Gasteiger charge is 2.32. The standard InChI is InChI=1S/C28H28Cl4N2O2/c1-3-18(2)33-28(36)26(15-19-8-5-4-6-9-19)34(17-21-22(29)10-7-11-23(21)30)27(35)16-20-12-13-24(31)25(32)14-20/h4-14,18,26H,3,15-17H2,1-2H3,(H,33,36)/t18-,26+/m1/s1. The van der Waals surface area contributed by atoms with Gasteiger partial charge in [0.2, 0.25) is 11.8 Å². The SMILES string of the molecule is CC[C@@H](C)NC(=O)[C@H](Cc1ccccc1)N(Cc1c(Cl)cccc1Cl)C(=O)Cc1ccc(Cl)c(Cl)c1. The Morgan fingerprint density at radius 1 is 0.833 bits per heavy atom. The summed E-state index contributed by atoms with van der Waals surface area (Å²) in [7, 11) is 0. The Morgan fingerprint density at radius 3 is 2.11 bits per heavy atom. The van der Waals surface area contributed by atoms with Crippen LogP contribution in [-0.4, -0.2) is 28.8 Å². The van der Waals surface area contributed by atoms with Gasteiger partial charge in [0.25, 0.3) is 0 Å². The van der Waals surface area contributed by atoms with Crippen molar-refractivity contribution in [2.45, 2.75) is 51.7 Å². The average Bonchev–Trinajstić information content (AvgIpc) is 2.85. The molecule has 0 spiro atoms. The number of halogens is 4. The van der Waals surface area contributed by atoms with Gasteiger partial charge in [0.1, 0.15) is 6.04 Å². The zero-order chi connectivity index (χ0) is 26.2. The summed E-state index contributed by atoms with van der Waals surface area (Å²) >= 11 is 25.2. The number of benzene rings is 3. The molecule has 0 bridgehead atoms. The highest BCUT2D eigenvalue weighted by Crippen LogP contribution is 2.28. The number of carbonyl (C=O) groups excluding carboxylic acids is 2. The fraction of sp³-hybridized carbons (Fsp3) is 0.286. The topological polar surface area (TPSA) is 49.4 Å². The first-order chi connectivity index (χ1) is 17.2. The molecule has 4 nitrogen and oxygen atoms in total. The van der Waals surface area contributed by atoms with Crippen molar-refractivity contribution in [3.8, 4) is 0 Å². The maximum absolute atomic E-state index is 13.8. The third-order valence-corrected chi connectivity index (χ3v) is 7.45. The quantitative estimate of drug-likeness (QED) is 0.278. The molecule has 0 aliphatic carbocycles. The van der Waals surface area contributed by atoms with Gasteiger partial charge in [-0.15, -0.1) is 0 Å². The number of hydrogen-bond acceptors (Lipinski definition) is 2. The summed E-state index contributed by atoms with van der Waals surface area (Å²) < 4.78 is 0. The number of nitrogens with zero attached hydrogens (tertiary/aromatic N) is 1. The van der Waals surface area contributed by atoms with Gasteiger partial charge in [-0.25, -0.2) is 0 Å². The lowest BCUT2D eigenvalue weighted by molar-refractivity contribution is -0.141. The lowest BCUT2D eigenvalue weighted by Gasteiger charge is -2.33. The van der Waals surface area contributed by atoms with Crippen molar-refractivity contribution in [1.29, 1.82) is 0 Å². The van der Waals surface area contributed by atoms with E-state index in [9.17, 15) is 9.59 Å². The van der Waals surface area contributed by atoms with Crippen molar-refractivity contribution in [3.63, 3.8) is 0 Å². The van der Waals surface area contributed by atoms with Gasteiger partial charge in [0.15, 0.2) is 0 Å². The third kappa shape index (κ3) is 7.63. The van der Waals surface area contributed by atoms with Crippen LogP contribution in [0, 0.1) is 0 Å². The molecule has 0 aliphatic heterocycles. The fourth-order valence-electron chi connectivity index (χ4n) is 3.77. The van der Waals surface area contributed by atoms with Crippen molar-refractivity contribution < 1.29 is 9.59 Å². The molecule has 8 heteroatoms. The van der Waals surface area contributed by atoms with E-state index in [1.54, 1.807) is 41.3 Å². The number of hydrogen-bond donors (Lipinski definition) is 1. The Labute approximate surface area is 232 Å². The van der Waals surface area contributed by atoms with E-state index in [0.29, 0.717) is 37.6 Å². The Bertz CT molecular complexity index is 1180. The summed E-state index contributed by atoms with van der Waals surface area (Å²) in [6.07, 6.45) is 1.12. The van der Waals surface area contributed by atoms with Gasteiger partial charge in [0.05, 0.1) is 16.5 Å². The lowest BCUT2D eigenvalue weighted by atomic mass is 10.0. The summed E-state index contributed by atoms with van der Waals surface area (Å²) in [4.78, 5) is 28.9. The lowest BCUT2D eigenvalue weighted by Crippen LogP contribution is -2.52. The molecule has 0 fully saturated rings. The summed E-state index contributed by atoms with van der Waals surface area (Å²) in [5, 5.41) is 4.66. The molecule has 0 unspecified atom stereocenters. The molecule has 36 heavy (non-hydrogen) atoms. The van der Waals surface area contributed by atoms with Crippen LogP contribution < -0.4 is 5.32 Å². The highest BCUT2D eigenvalue weighted by molar-refractivity contribution is 6.42. The van der Waals surface area contributed by atoms with Gasteiger partial charge < -0.3 is 10.2 Å². The first-order valence-corrected chi connectivity index (χ1v) is 13.2. The van der Waals surface area contributed by atoms with Gasteiger partial charge in [-0.3, -0.25) is 9.59 Å². The number of rotatable bonds is 10. The fourth-order valence-corrected chi connectivity index (χ4v) is 4.61. The molecule has 1 N–H and O–H groups in total. The smallest absolute Gasteiger partial charge is 0.243 e. The summed E-state index contributed by atoms with van der Waals surface area (Å²) in [6.45, 7) is 4.00. The second-order valence-electron chi connectivity index (χ2n) is 8.67. The van der Waals surface area contributed by atoms with E-state index in [4.69, 9.17) is 46.4 Å². The van der Waals surface area contributed by atoms with E-state index >= 15 is 0 Å². The van der Waals surface area contributed by atoms with Gasteiger partial charge in [-0.2, -0.15) is 0 Å². The molecule has 0 saturated carbocycles. The van der Waals surface area contributed by atoms with E-state index in [0.717, 1.165) is 12.0 Å². The molecule has 190 valence electrons. The van der Waals surface area contributed by atoms with Crippen LogP contribution in [-0.2, 0) is 29.0 Å². The maximum Gasteiger partial charge on any atom is 0.243 e. The predicted molar refractivity (Wildman–Crippen MR) is 149 cm³/mol. The third-order valence-electron chi connectivity index (χ3n) is 6.00. The van der Waals surface area contributed by atoms with E-state index < -0.39 is 6.04 Å². The average molecular weight is 566 g/mol. The molecule has 0 aliphatic rings. The van der Waals surface area contributed by atoms with Crippen LogP contribution in [0.3, 0.4) is 0 Å². The monoisotopic (exact) mass is 564 g/mol. The van der Waals surface area contributed by atoms with E-state index in [-0.39, 0.29) is 30.8 Å². The molecule has 3 rings (SSSR count). The van der Waals surface area contributed by atoms with Crippen molar-refractivity contribution in [1.82, 2.24) is 10.2 Å². The minimum absolute atomic E-state index is 0.0286. The van der Waals surface area contributed by atoms with Crippen LogP contribution in [0.1, 0.15) is 37.0 Å². The summed E-state index contributed by atoms with van der Waals surface area (Å²) in [5.41, 5.74) is 2.20. The van der Waals surface area contributed by atoms with Crippen molar-refractivity contribution in [3.05, 3.63) is 104 Å². The molecular formula is C28H28Cl4N2O2. The van der Waals surface area contributed by atoms with Crippen LogP contribution in [0.15, 0.2) is 66.7 Å². The predicted octanol–water partition coefficient (Wildman–Crippen LogP) is 7.40. The number of amides is 2. The van der Waals surface area contributed by atoms with Crippen LogP contribution >= 0.6 is 46.4 Å². The Hall–Kier alpha value is -2.24. The Kier molecular flexibility index (Phi) is 10.5. The second kappa shape index (κ2) is 13.3. The molecule has 3 aromatic carbocycles. The van der Waals surface area contributed by atoms with E-state index in [1.807, 2.05) is 44.2 Å². The molecule has 2 amide bonds. The summed E-state index contributed by atoms with van der Waals surface area (Å²) in [6, 6.07) is 19.0. The molecule has 0 saturated heterocycles. The molecule has 2 atom stereocenters. The van der Waals surface area contributed by atoms with E-state index in [2.05, 4.69) is 5.32 Å². The zero-order valence-corrected chi connectivity index (χ0v) is 23.1.